The number of methoxy groups -OCH3 is 1. The van der Waals surface area contributed by atoms with Gasteiger partial charge in [-0.1, -0.05) is 24.3 Å². The first-order valence-corrected chi connectivity index (χ1v) is 9.03. The number of anilines is 1. The van der Waals surface area contributed by atoms with Crippen LogP contribution in [0.5, 0.6) is 5.75 Å². The number of carbonyl (C=O) groups excluding carboxylic acids is 1. The fourth-order valence-electron chi connectivity index (χ4n) is 3.41. The van der Waals surface area contributed by atoms with Gasteiger partial charge in [0.05, 0.1) is 13.2 Å². The predicted molar refractivity (Wildman–Crippen MR) is 105 cm³/mol. The van der Waals surface area contributed by atoms with E-state index in [9.17, 15) is 4.79 Å². The third-order valence-corrected chi connectivity index (χ3v) is 4.88. The molecule has 0 bridgehead atoms. The van der Waals surface area contributed by atoms with Crippen LogP contribution in [-0.2, 0) is 6.54 Å². The molecule has 0 saturated carbocycles. The van der Waals surface area contributed by atoms with E-state index in [0.717, 1.165) is 42.0 Å². The number of carbonyl (C=O) groups is 1. The summed E-state index contributed by atoms with van der Waals surface area (Å²) in [6.07, 6.45) is 2.02. The molecule has 1 aliphatic heterocycles. The molecule has 1 saturated heterocycles. The number of nitrogens with one attached hydrogen (secondary N) is 1. The van der Waals surface area contributed by atoms with Crippen molar-refractivity contribution in [3.05, 3.63) is 59.7 Å². The average Bonchev–Trinajstić information content (AvgIpc) is 3.16. The summed E-state index contributed by atoms with van der Waals surface area (Å²) < 4.78 is 5.22. The van der Waals surface area contributed by atoms with Gasteiger partial charge in [0.15, 0.2) is 0 Å². The Morgan fingerprint density at radius 1 is 1.23 bits per heavy atom. The quantitative estimate of drug-likeness (QED) is 0.889. The van der Waals surface area contributed by atoms with E-state index >= 15 is 0 Å². The fraction of sp³-hybridized carbons (Fsp3) is 0.381. The highest BCUT2D eigenvalue weighted by atomic mass is 16.5. The molecule has 1 atom stereocenters. The van der Waals surface area contributed by atoms with Crippen LogP contribution in [0, 0.1) is 0 Å². The van der Waals surface area contributed by atoms with Crippen LogP contribution in [0.15, 0.2) is 48.5 Å². The van der Waals surface area contributed by atoms with Gasteiger partial charge < -0.3 is 19.9 Å². The minimum atomic E-state index is -0.00132. The van der Waals surface area contributed by atoms with E-state index in [2.05, 4.69) is 34.5 Å². The molecule has 2 amide bonds. The number of ether oxygens (including phenoxy) is 1. The molecule has 0 spiro atoms. The number of benzene rings is 2. The third kappa shape index (κ3) is 4.10. The lowest BCUT2D eigenvalue weighted by molar-refractivity contribution is 0.192. The van der Waals surface area contributed by atoms with E-state index in [1.54, 1.807) is 7.11 Å². The number of amides is 2. The molecule has 1 unspecified atom stereocenters. The monoisotopic (exact) mass is 353 g/mol. The van der Waals surface area contributed by atoms with E-state index in [4.69, 9.17) is 4.74 Å². The number of rotatable bonds is 5. The summed E-state index contributed by atoms with van der Waals surface area (Å²) in [6.45, 7) is 1.33. The van der Waals surface area contributed by atoms with Crippen LogP contribution < -0.4 is 15.0 Å². The highest BCUT2D eigenvalue weighted by Gasteiger charge is 2.29. The number of urea groups is 1. The molecule has 1 fully saturated rings. The summed E-state index contributed by atoms with van der Waals surface area (Å²) >= 11 is 0. The number of nitrogens with zero attached hydrogens (tertiary/aromatic N) is 2. The van der Waals surface area contributed by atoms with E-state index in [-0.39, 0.29) is 12.1 Å². The van der Waals surface area contributed by atoms with Gasteiger partial charge in [0.2, 0.25) is 0 Å². The molecule has 2 aromatic carbocycles. The molecule has 1 aliphatic rings. The molecule has 5 nitrogen and oxygen atoms in total. The maximum absolute atomic E-state index is 12.7. The Balaban J connectivity index is 1.63. The largest absolute Gasteiger partial charge is 0.497 e. The van der Waals surface area contributed by atoms with E-state index in [1.807, 2.05) is 43.3 Å². The van der Waals surface area contributed by atoms with Crippen LogP contribution in [0.3, 0.4) is 0 Å². The van der Waals surface area contributed by atoms with E-state index < -0.39 is 0 Å². The van der Waals surface area contributed by atoms with Gasteiger partial charge in [0, 0.05) is 32.9 Å². The Morgan fingerprint density at radius 2 is 2.00 bits per heavy atom. The SMILES string of the molecule is COc1ccc(C2CCCN2C(=O)NCc2cccc(N(C)C)c2)cc1. The zero-order valence-corrected chi connectivity index (χ0v) is 15.7. The zero-order valence-electron chi connectivity index (χ0n) is 15.7. The first-order valence-electron chi connectivity index (χ1n) is 9.03. The summed E-state index contributed by atoms with van der Waals surface area (Å²) in [4.78, 5) is 16.7. The summed E-state index contributed by atoms with van der Waals surface area (Å²) in [5.74, 6) is 0.837. The summed E-state index contributed by atoms with van der Waals surface area (Å²) in [7, 11) is 5.69. The average molecular weight is 353 g/mol. The van der Waals surface area contributed by atoms with Gasteiger partial charge in [-0.15, -0.1) is 0 Å². The smallest absolute Gasteiger partial charge is 0.318 e. The first-order chi connectivity index (χ1) is 12.6. The Labute approximate surface area is 155 Å². The molecule has 138 valence electrons. The lowest BCUT2D eigenvalue weighted by atomic mass is 10.0. The van der Waals surface area contributed by atoms with Crippen molar-refractivity contribution >= 4 is 11.7 Å². The van der Waals surface area contributed by atoms with Gasteiger partial charge in [-0.05, 0) is 48.2 Å². The van der Waals surface area contributed by atoms with Gasteiger partial charge in [-0.25, -0.2) is 4.79 Å². The van der Waals surface area contributed by atoms with Crippen molar-refractivity contribution in [2.24, 2.45) is 0 Å². The maximum Gasteiger partial charge on any atom is 0.318 e. The normalized spacial score (nSPS) is 16.4. The van der Waals surface area contributed by atoms with Crippen molar-refractivity contribution in [3.8, 4) is 5.75 Å². The molecular formula is C21H27N3O2. The van der Waals surface area contributed by atoms with Crippen LogP contribution in [0.1, 0.15) is 30.0 Å². The lowest BCUT2D eigenvalue weighted by Gasteiger charge is -2.25. The van der Waals surface area contributed by atoms with Gasteiger partial charge in [0.25, 0.3) is 0 Å². The highest BCUT2D eigenvalue weighted by molar-refractivity contribution is 5.75. The van der Waals surface area contributed by atoms with E-state index in [0.29, 0.717) is 6.54 Å². The molecule has 2 aromatic rings. The van der Waals surface area contributed by atoms with Crippen molar-refractivity contribution < 1.29 is 9.53 Å². The second kappa shape index (κ2) is 8.13. The second-order valence-electron chi connectivity index (χ2n) is 6.85. The summed E-state index contributed by atoms with van der Waals surface area (Å²) in [5, 5.41) is 3.07. The highest BCUT2D eigenvalue weighted by Crippen LogP contribution is 2.32. The fourth-order valence-corrected chi connectivity index (χ4v) is 3.41. The number of likely N-dealkylation sites (tertiary alicyclic amines) is 1. The Hall–Kier alpha value is -2.69. The van der Waals surface area contributed by atoms with Gasteiger partial charge in [-0.2, -0.15) is 0 Å². The van der Waals surface area contributed by atoms with Gasteiger partial charge in [-0.3, -0.25) is 0 Å². The molecule has 5 heteroatoms. The number of hydrogen-bond acceptors (Lipinski definition) is 3. The first kappa shape index (κ1) is 18.1. The maximum atomic E-state index is 12.7. The van der Waals surface area contributed by atoms with Crippen molar-refractivity contribution in [3.63, 3.8) is 0 Å². The molecular weight excluding hydrogens is 326 g/mol. The molecule has 0 aromatic heterocycles. The van der Waals surface area contributed by atoms with Gasteiger partial charge >= 0.3 is 6.03 Å². The molecule has 1 N–H and O–H groups in total. The minimum Gasteiger partial charge on any atom is -0.497 e. The predicted octanol–water partition coefficient (Wildman–Crippen LogP) is 3.81. The topological polar surface area (TPSA) is 44.8 Å². The van der Waals surface area contributed by atoms with Crippen molar-refractivity contribution in [2.75, 3.05) is 32.6 Å². The molecule has 26 heavy (non-hydrogen) atoms. The van der Waals surface area contributed by atoms with Crippen LogP contribution >= 0.6 is 0 Å². The Bertz CT molecular complexity index is 743. The van der Waals surface area contributed by atoms with Crippen LogP contribution in [0.4, 0.5) is 10.5 Å². The molecule has 0 radical (unpaired) electrons. The van der Waals surface area contributed by atoms with Crippen molar-refractivity contribution in [1.29, 1.82) is 0 Å². The van der Waals surface area contributed by atoms with Crippen LogP contribution in [-0.4, -0.2) is 38.7 Å². The van der Waals surface area contributed by atoms with E-state index in [1.165, 1.54) is 0 Å². The number of hydrogen-bond donors (Lipinski definition) is 1. The minimum absolute atomic E-state index is 0.00132. The lowest BCUT2D eigenvalue weighted by Crippen LogP contribution is -2.39. The van der Waals surface area contributed by atoms with Crippen LogP contribution in [0.2, 0.25) is 0 Å². The molecule has 3 rings (SSSR count). The molecule has 1 heterocycles. The standard InChI is InChI=1S/C21H27N3O2/c1-23(2)18-7-4-6-16(14-18)15-22-21(25)24-13-5-8-20(24)17-9-11-19(26-3)12-10-17/h4,6-7,9-12,14,20H,5,8,13,15H2,1-3H3,(H,22,25). The summed E-state index contributed by atoms with van der Waals surface area (Å²) in [6, 6.07) is 16.4. The summed E-state index contributed by atoms with van der Waals surface area (Å²) in [5.41, 5.74) is 3.40. The Kier molecular flexibility index (Phi) is 5.66. The zero-order chi connectivity index (χ0) is 18.5. The Morgan fingerprint density at radius 3 is 2.69 bits per heavy atom. The second-order valence-corrected chi connectivity index (χ2v) is 6.85. The van der Waals surface area contributed by atoms with Gasteiger partial charge in [0.1, 0.15) is 5.75 Å². The van der Waals surface area contributed by atoms with Crippen molar-refractivity contribution in [2.45, 2.75) is 25.4 Å². The van der Waals surface area contributed by atoms with Crippen molar-refractivity contribution in [1.82, 2.24) is 10.2 Å². The molecule has 0 aliphatic carbocycles. The van der Waals surface area contributed by atoms with Crippen LogP contribution in [0.25, 0.3) is 0 Å². The third-order valence-electron chi connectivity index (χ3n) is 4.88.